The van der Waals surface area contributed by atoms with Gasteiger partial charge in [0.15, 0.2) is 0 Å². The SMILES string of the molecule is COC(=O)[C@@H](Cc1ccccc1)NC(=O)CCC(=O)O[C@H]1CC[C@]2(C)[C@H]3C[C@@H](O)[C@@H]4[C@@H]([C@@]5(C)CCCC(C)(C)O5)CC[C@@]4(C)[C@]3(C)CC[C@H]2C1(C)C. The Labute approximate surface area is 312 Å². The van der Waals surface area contributed by atoms with Crippen LogP contribution in [0, 0.1) is 45.3 Å². The molecule has 0 aromatic heterocycles. The zero-order chi connectivity index (χ0) is 37.9. The highest BCUT2D eigenvalue weighted by Crippen LogP contribution is 2.76. The molecule has 8 heteroatoms. The van der Waals surface area contributed by atoms with Crippen molar-refractivity contribution in [1.82, 2.24) is 5.32 Å². The summed E-state index contributed by atoms with van der Waals surface area (Å²) in [6.45, 7) is 18.9. The summed E-state index contributed by atoms with van der Waals surface area (Å²) in [5.41, 5.74) is 0.473. The van der Waals surface area contributed by atoms with Gasteiger partial charge in [-0.05, 0) is 130 Å². The number of amides is 1. The average Bonchev–Trinajstić information content (AvgIpc) is 3.46. The lowest BCUT2D eigenvalue weighted by Gasteiger charge is -2.70. The lowest BCUT2D eigenvalue weighted by Crippen LogP contribution is -2.67. The van der Waals surface area contributed by atoms with E-state index < -0.39 is 12.0 Å². The van der Waals surface area contributed by atoms with Gasteiger partial charge in [0.1, 0.15) is 12.1 Å². The Morgan fingerprint density at radius 2 is 1.56 bits per heavy atom. The summed E-state index contributed by atoms with van der Waals surface area (Å²) in [4.78, 5) is 38.6. The second-order valence-corrected chi connectivity index (χ2v) is 19.7. The van der Waals surface area contributed by atoms with Gasteiger partial charge in [-0.1, -0.05) is 65.0 Å². The molecule has 4 saturated carbocycles. The number of carbonyl (C=O) groups is 3. The molecular formula is C44H67NO7. The van der Waals surface area contributed by atoms with Gasteiger partial charge in [-0.3, -0.25) is 9.59 Å². The van der Waals surface area contributed by atoms with Crippen LogP contribution in [0.5, 0.6) is 0 Å². The number of aliphatic hydroxyl groups excluding tert-OH is 1. The van der Waals surface area contributed by atoms with Crippen molar-refractivity contribution in [2.45, 2.75) is 168 Å². The van der Waals surface area contributed by atoms with E-state index in [0.717, 1.165) is 63.4 Å². The first-order valence-corrected chi connectivity index (χ1v) is 20.3. The fourth-order valence-electron chi connectivity index (χ4n) is 13.4. The number of rotatable bonds is 9. The summed E-state index contributed by atoms with van der Waals surface area (Å²) in [7, 11) is 1.30. The van der Waals surface area contributed by atoms with Crippen LogP contribution in [0.4, 0.5) is 0 Å². The standard InChI is InChI=1S/C44H67NO7/c1-39(2)21-13-22-44(8,52-39)29-18-24-43(7)37(29)31(46)27-33-41(5)23-20-34(40(3,4)32(41)19-25-42(33,43)6)51-36(48)17-16-35(47)45-30(38(49)50-9)26-28-14-11-10-12-15-28/h10-12,14-15,29-34,37,46H,13,16-27H2,1-9H3,(H,45,47)/t29-,30+,31+,32-,33+,34-,37-,41-,42+,43+,44+/m0/s1. The lowest BCUT2D eigenvalue weighted by molar-refractivity contribution is -0.259. The molecule has 8 nitrogen and oxygen atoms in total. The normalized spacial score (nSPS) is 41.0. The predicted octanol–water partition coefficient (Wildman–Crippen LogP) is 7.97. The third kappa shape index (κ3) is 6.75. The number of nitrogens with one attached hydrogen (secondary N) is 1. The minimum Gasteiger partial charge on any atom is -0.467 e. The van der Waals surface area contributed by atoms with Gasteiger partial charge in [0.2, 0.25) is 5.91 Å². The van der Waals surface area contributed by atoms with E-state index in [1.807, 2.05) is 30.3 Å². The minimum absolute atomic E-state index is 0.0151. The number of methoxy groups -OCH3 is 1. The second kappa shape index (κ2) is 14.0. The summed E-state index contributed by atoms with van der Waals surface area (Å²) in [6, 6.07) is 8.63. The van der Waals surface area contributed by atoms with Gasteiger partial charge >= 0.3 is 11.9 Å². The Morgan fingerprint density at radius 1 is 0.865 bits per heavy atom. The van der Waals surface area contributed by atoms with Crippen molar-refractivity contribution in [2.24, 2.45) is 45.3 Å². The molecule has 1 aromatic carbocycles. The van der Waals surface area contributed by atoms with E-state index in [-0.39, 0.29) is 75.7 Å². The number of benzene rings is 1. The van der Waals surface area contributed by atoms with Gasteiger partial charge in [-0.2, -0.15) is 0 Å². The molecule has 1 heterocycles. The third-order valence-electron chi connectivity index (χ3n) is 16.0. The van der Waals surface area contributed by atoms with Crippen molar-refractivity contribution in [3.05, 3.63) is 35.9 Å². The molecule has 2 N–H and O–H groups in total. The number of aliphatic hydroxyl groups is 1. The average molecular weight is 722 g/mol. The third-order valence-corrected chi connectivity index (χ3v) is 16.0. The molecular weight excluding hydrogens is 654 g/mol. The molecule has 0 radical (unpaired) electrons. The molecule has 1 aromatic rings. The van der Waals surface area contributed by atoms with Crippen LogP contribution in [0.15, 0.2) is 30.3 Å². The highest BCUT2D eigenvalue weighted by Gasteiger charge is 2.72. The Kier molecular flexibility index (Phi) is 10.6. The molecule has 1 aliphatic heterocycles. The summed E-state index contributed by atoms with van der Waals surface area (Å²) >= 11 is 0. The number of fused-ring (bicyclic) bond motifs is 5. The van der Waals surface area contributed by atoms with Gasteiger partial charge in [0, 0.05) is 18.3 Å². The summed E-state index contributed by atoms with van der Waals surface area (Å²) in [5, 5.41) is 15.0. The van der Waals surface area contributed by atoms with Gasteiger partial charge < -0.3 is 24.6 Å². The maximum atomic E-state index is 13.3. The summed E-state index contributed by atoms with van der Waals surface area (Å²) in [5.74, 6) is 0.0392. The number of hydrogen-bond donors (Lipinski definition) is 2. The maximum Gasteiger partial charge on any atom is 0.328 e. The molecule has 5 fully saturated rings. The quantitative estimate of drug-likeness (QED) is 0.249. The monoisotopic (exact) mass is 721 g/mol. The van der Waals surface area contributed by atoms with Crippen LogP contribution in [0.3, 0.4) is 0 Å². The molecule has 1 amide bonds. The molecule has 6 rings (SSSR count). The highest BCUT2D eigenvalue weighted by molar-refractivity contribution is 5.86. The maximum absolute atomic E-state index is 13.3. The Hall–Kier alpha value is -2.45. The van der Waals surface area contributed by atoms with Crippen molar-refractivity contribution < 1.29 is 33.7 Å². The van der Waals surface area contributed by atoms with Gasteiger partial charge in [0.05, 0.1) is 30.8 Å². The molecule has 0 spiro atoms. The van der Waals surface area contributed by atoms with E-state index >= 15 is 0 Å². The first-order chi connectivity index (χ1) is 24.3. The van der Waals surface area contributed by atoms with E-state index in [2.05, 4.69) is 60.7 Å². The van der Waals surface area contributed by atoms with E-state index in [0.29, 0.717) is 24.2 Å². The van der Waals surface area contributed by atoms with Crippen molar-refractivity contribution >= 4 is 17.8 Å². The smallest absolute Gasteiger partial charge is 0.328 e. The van der Waals surface area contributed by atoms with Crippen LogP contribution in [0.25, 0.3) is 0 Å². The van der Waals surface area contributed by atoms with E-state index in [4.69, 9.17) is 14.2 Å². The predicted molar refractivity (Wildman–Crippen MR) is 201 cm³/mol. The zero-order valence-corrected chi connectivity index (χ0v) is 33.5. The molecule has 4 aliphatic carbocycles. The summed E-state index contributed by atoms with van der Waals surface area (Å²) in [6.07, 6.45) is 9.93. The number of esters is 2. The fraction of sp³-hybridized carbons (Fsp3) is 0.795. The Bertz CT molecular complexity index is 1490. The minimum atomic E-state index is -0.829. The number of ether oxygens (including phenoxy) is 3. The van der Waals surface area contributed by atoms with Crippen molar-refractivity contribution in [3.63, 3.8) is 0 Å². The van der Waals surface area contributed by atoms with Crippen LogP contribution in [0.1, 0.15) is 138 Å². The van der Waals surface area contributed by atoms with Crippen molar-refractivity contribution in [2.75, 3.05) is 7.11 Å². The van der Waals surface area contributed by atoms with Gasteiger partial charge in [0.25, 0.3) is 0 Å². The number of carbonyl (C=O) groups excluding carboxylic acids is 3. The van der Waals surface area contributed by atoms with Gasteiger partial charge in [-0.15, -0.1) is 0 Å². The van der Waals surface area contributed by atoms with E-state index in [1.165, 1.54) is 13.5 Å². The van der Waals surface area contributed by atoms with E-state index in [1.54, 1.807) is 0 Å². The number of hydrogen-bond acceptors (Lipinski definition) is 7. The second-order valence-electron chi connectivity index (χ2n) is 19.7. The highest BCUT2D eigenvalue weighted by atomic mass is 16.5. The van der Waals surface area contributed by atoms with Crippen LogP contribution in [0.2, 0.25) is 0 Å². The molecule has 290 valence electrons. The summed E-state index contributed by atoms with van der Waals surface area (Å²) < 4.78 is 18.1. The molecule has 0 unspecified atom stereocenters. The fourth-order valence-corrected chi connectivity index (χ4v) is 13.4. The van der Waals surface area contributed by atoms with Crippen LogP contribution in [-0.2, 0) is 35.0 Å². The van der Waals surface area contributed by atoms with Crippen molar-refractivity contribution in [1.29, 1.82) is 0 Å². The topological polar surface area (TPSA) is 111 Å². The first-order valence-electron chi connectivity index (χ1n) is 20.3. The first kappa shape index (κ1) is 39.2. The molecule has 5 aliphatic rings. The van der Waals surface area contributed by atoms with Crippen LogP contribution < -0.4 is 5.32 Å². The van der Waals surface area contributed by atoms with Crippen LogP contribution >= 0.6 is 0 Å². The molecule has 1 saturated heterocycles. The Morgan fingerprint density at radius 3 is 2.23 bits per heavy atom. The Balaban J connectivity index is 1.10. The zero-order valence-electron chi connectivity index (χ0n) is 33.5. The van der Waals surface area contributed by atoms with Crippen molar-refractivity contribution in [3.8, 4) is 0 Å². The largest absolute Gasteiger partial charge is 0.467 e. The molecule has 52 heavy (non-hydrogen) atoms. The van der Waals surface area contributed by atoms with E-state index in [9.17, 15) is 19.5 Å². The molecule has 11 atom stereocenters. The lowest BCUT2D eigenvalue weighted by atomic mass is 9.35. The van der Waals surface area contributed by atoms with Gasteiger partial charge in [-0.25, -0.2) is 4.79 Å². The molecule has 0 bridgehead atoms. The van der Waals surface area contributed by atoms with Crippen LogP contribution in [-0.4, -0.2) is 59.5 Å².